The first-order chi connectivity index (χ1) is 6.95. The largest absolute Gasteiger partial charge is 0.443 e. The summed E-state index contributed by atoms with van der Waals surface area (Å²) in [6, 6.07) is 0. The molecule has 1 rings (SSSR count). The second-order valence-electron chi connectivity index (χ2n) is 2.69. The molecule has 0 aliphatic carbocycles. The third-order valence-electron chi connectivity index (χ3n) is 1.56. The van der Waals surface area contributed by atoms with Gasteiger partial charge in [0.05, 0.1) is 11.5 Å². The molecule has 1 aromatic heterocycles. The van der Waals surface area contributed by atoms with Crippen LogP contribution in [0, 0.1) is 0 Å². The van der Waals surface area contributed by atoms with Crippen LogP contribution in [0.15, 0.2) is 6.20 Å². The summed E-state index contributed by atoms with van der Waals surface area (Å²) in [6.07, 6.45) is -3.47. The zero-order chi connectivity index (χ0) is 11.5. The Kier molecular flexibility index (Phi) is 3.81. The normalized spacial score (nSPS) is 11.7. The van der Waals surface area contributed by atoms with Gasteiger partial charge >= 0.3 is 6.18 Å². The second-order valence-corrected chi connectivity index (χ2v) is 3.72. The number of aromatic nitrogens is 1. The number of thiazole rings is 1. The first-order valence-corrected chi connectivity index (χ1v) is 4.82. The molecule has 84 valence electrons. The van der Waals surface area contributed by atoms with Crippen molar-refractivity contribution in [3.8, 4) is 0 Å². The molecule has 0 amide bonds. The van der Waals surface area contributed by atoms with E-state index in [2.05, 4.69) is 9.72 Å². The molecule has 0 radical (unpaired) electrons. The minimum atomic E-state index is -4.48. The van der Waals surface area contributed by atoms with E-state index in [4.69, 9.17) is 0 Å². The summed E-state index contributed by atoms with van der Waals surface area (Å²) in [5.41, 5.74) is 0. The van der Waals surface area contributed by atoms with Crippen LogP contribution in [0.3, 0.4) is 0 Å². The average Bonchev–Trinajstić information content (AvgIpc) is 2.62. The van der Waals surface area contributed by atoms with Gasteiger partial charge in [0.1, 0.15) is 0 Å². The van der Waals surface area contributed by atoms with Crippen LogP contribution in [0.5, 0.6) is 0 Å². The highest BCUT2D eigenvalue weighted by Gasteiger charge is 2.35. The van der Waals surface area contributed by atoms with Gasteiger partial charge < -0.3 is 4.74 Å². The predicted molar refractivity (Wildman–Crippen MR) is 47.9 cm³/mol. The number of hydrogen-bond donors (Lipinski definition) is 0. The lowest BCUT2D eigenvalue weighted by Gasteiger charge is -1.99. The Morgan fingerprint density at radius 2 is 2.27 bits per heavy atom. The lowest BCUT2D eigenvalue weighted by molar-refractivity contribution is -0.137. The van der Waals surface area contributed by atoms with E-state index in [-0.39, 0.29) is 23.7 Å². The van der Waals surface area contributed by atoms with Crippen molar-refractivity contribution in [2.75, 3.05) is 13.7 Å². The third kappa shape index (κ3) is 3.28. The number of alkyl halides is 3. The number of methoxy groups -OCH3 is 1. The molecule has 1 aromatic rings. The Morgan fingerprint density at radius 3 is 2.73 bits per heavy atom. The summed E-state index contributed by atoms with van der Waals surface area (Å²) < 4.78 is 41.0. The molecule has 0 saturated carbocycles. The van der Waals surface area contributed by atoms with Crippen molar-refractivity contribution < 1.29 is 22.7 Å². The van der Waals surface area contributed by atoms with Crippen LogP contribution >= 0.6 is 11.3 Å². The van der Waals surface area contributed by atoms with Gasteiger partial charge in [-0.15, -0.1) is 11.3 Å². The maximum Gasteiger partial charge on any atom is 0.443 e. The topological polar surface area (TPSA) is 39.2 Å². The van der Waals surface area contributed by atoms with Crippen LogP contribution in [0.2, 0.25) is 0 Å². The van der Waals surface area contributed by atoms with Gasteiger partial charge in [-0.05, 0) is 0 Å². The summed E-state index contributed by atoms with van der Waals surface area (Å²) in [6.45, 7) is 0.193. The summed E-state index contributed by atoms with van der Waals surface area (Å²) >= 11 is 0.357. The maximum atomic E-state index is 12.1. The monoisotopic (exact) mass is 239 g/mol. The Hall–Kier alpha value is -0.950. The van der Waals surface area contributed by atoms with Gasteiger partial charge in [-0.1, -0.05) is 0 Å². The highest BCUT2D eigenvalue weighted by molar-refractivity contribution is 7.13. The molecule has 7 heteroatoms. The molecule has 0 N–H and O–H groups in total. The number of Topliss-reactive ketones (excluding diaryl/α,β-unsaturated/α-hetero) is 1. The molecular formula is C8H8F3NO2S. The van der Waals surface area contributed by atoms with Gasteiger partial charge in [0.15, 0.2) is 10.8 Å². The number of hydrogen-bond acceptors (Lipinski definition) is 4. The van der Waals surface area contributed by atoms with Gasteiger partial charge in [-0.25, -0.2) is 4.98 Å². The van der Waals surface area contributed by atoms with Crippen molar-refractivity contribution in [1.29, 1.82) is 0 Å². The molecule has 0 atom stereocenters. The molecule has 15 heavy (non-hydrogen) atoms. The molecule has 0 aromatic carbocycles. The molecule has 0 fully saturated rings. The molecule has 3 nitrogen and oxygen atoms in total. The van der Waals surface area contributed by atoms with Crippen LogP contribution in [0.1, 0.15) is 21.1 Å². The van der Waals surface area contributed by atoms with Crippen molar-refractivity contribution in [2.45, 2.75) is 12.6 Å². The zero-order valence-electron chi connectivity index (χ0n) is 7.80. The number of halogens is 3. The van der Waals surface area contributed by atoms with Gasteiger partial charge in [0.25, 0.3) is 0 Å². The molecular weight excluding hydrogens is 231 g/mol. The molecule has 0 unspecified atom stereocenters. The van der Waals surface area contributed by atoms with Crippen molar-refractivity contribution in [1.82, 2.24) is 4.98 Å². The fourth-order valence-electron chi connectivity index (χ4n) is 0.852. The van der Waals surface area contributed by atoms with Crippen LogP contribution in [0.25, 0.3) is 0 Å². The number of ether oxygens (including phenoxy) is 1. The van der Waals surface area contributed by atoms with E-state index in [0.717, 1.165) is 6.20 Å². The number of carbonyl (C=O) groups excluding carboxylic acids is 1. The third-order valence-corrected chi connectivity index (χ3v) is 2.64. The Balaban J connectivity index is 2.72. The minimum absolute atomic E-state index is 0.0133. The van der Waals surface area contributed by atoms with E-state index in [0.29, 0.717) is 11.3 Å². The highest BCUT2D eigenvalue weighted by atomic mass is 32.1. The Bertz CT molecular complexity index is 348. The van der Waals surface area contributed by atoms with Crippen LogP contribution in [-0.2, 0) is 10.9 Å². The van der Waals surface area contributed by atoms with E-state index < -0.39 is 11.2 Å². The van der Waals surface area contributed by atoms with Crippen LogP contribution < -0.4 is 0 Å². The van der Waals surface area contributed by atoms with E-state index >= 15 is 0 Å². The van der Waals surface area contributed by atoms with Gasteiger partial charge in [-0.2, -0.15) is 13.2 Å². The van der Waals surface area contributed by atoms with Gasteiger partial charge in [-0.3, -0.25) is 4.79 Å². The summed E-state index contributed by atoms with van der Waals surface area (Å²) in [7, 11) is 1.42. The molecule has 0 spiro atoms. The Morgan fingerprint density at radius 1 is 1.60 bits per heavy atom. The maximum absolute atomic E-state index is 12.1. The predicted octanol–water partition coefficient (Wildman–Crippen LogP) is 2.38. The highest BCUT2D eigenvalue weighted by Crippen LogP contribution is 2.32. The molecule has 0 aliphatic rings. The van der Waals surface area contributed by atoms with Gasteiger partial charge in [0, 0.05) is 19.7 Å². The standard InChI is InChI=1S/C8H8F3NO2S/c1-14-3-2-5(13)6-4-12-7(15-6)8(9,10)11/h4H,2-3H2,1H3. The fraction of sp³-hybridized carbons (Fsp3) is 0.500. The minimum Gasteiger partial charge on any atom is -0.384 e. The number of rotatable bonds is 4. The second kappa shape index (κ2) is 4.71. The van der Waals surface area contributed by atoms with Crippen LogP contribution in [-0.4, -0.2) is 24.5 Å². The quantitative estimate of drug-likeness (QED) is 0.757. The Labute approximate surface area is 87.9 Å². The summed E-state index contributed by atoms with van der Waals surface area (Å²) in [5.74, 6) is -0.384. The zero-order valence-corrected chi connectivity index (χ0v) is 8.61. The lowest BCUT2D eigenvalue weighted by atomic mass is 10.3. The molecule has 1 heterocycles. The van der Waals surface area contributed by atoms with E-state index in [1.165, 1.54) is 7.11 Å². The molecule has 0 aliphatic heterocycles. The van der Waals surface area contributed by atoms with E-state index in [1.807, 2.05) is 0 Å². The van der Waals surface area contributed by atoms with E-state index in [9.17, 15) is 18.0 Å². The summed E-state index contributed by atoms with van der Waals surface area (Å²) in [5, 5.41) is -0.997. The first-order valence-electron chi connectivity index (χ1n) is 4.00. The van der Waals surface area contributed by atoms with Gasteiger partial charge in [0.2, 0.25) is 0 Å². The average molecular weight is 239 g/mol. The number of nitrogens with zero attached hydrogens (tertiary/aromatic N) is 1. The van der Waals surface area contributed by atoms with Crippen molar-refractivity contribution >= 4 is 17.1 Å². The van der Waals surface area contributed by atoms with Crippen molar-refractivity contribution in [3.63, 3.8) is 0 Å². The van der Waals surface area contributed by atoms with Crippen LogP contribution in [0.4, 0.5) is 13.2 Å². The SMILES string of the molecule is COCCC(=O)c1cnc(C(F)(F)F)s1. The first kappa shape index (κ1) is 12.1. The van der Waals surface area contributed by atoms with Crippen molar-refractivity contribution in [3.05, 3.63) is 16.1 Å². The fourth-order valence-corrected chi connectivity index (χ4v) is 1.60. The number of ketones is 1. The lowest BCUT2D eigenvalue weighted by Crippen LogP contribution is -2.03. The number of carbonyl (C=O) groups is 1. The van der Waals surface area contributed by atoms with Crippen molar-refractivity contribution in [2.24, 2.45) is 0 Å². The smallest absolute Gasteiger partial charge is 0.384 e. The molecule has 0 bridgehead atoms. The van der Waals surface area contributed by atoms with E-state index in [1.54, 1.807) is 0 Å². The molecule has 0 saturated heterocycles. The summed E-state index contributed by atoms with van der Waals surface area (Å²) in [4.78, 5) is 14.4.